The number of nitrogens with zero attached hydrogens (tertiary/aromatic N) is 1. The SMILES string of the molecule is N#CC1(c2ccc(O)c(F)c2)CC(=O)C1. The minimum atomic E-state index is -0.883. The summed E-state index contributed by atoms with van der Waals surface area (Å²) in [5, 5.41) is 18.0. The van der Waals surface area contributed by atoms with Crippen molar-refractivity contribution in [2.24, 2.45) is 0 Å². The number of ketones is 1. The molecule has 0 aromatic heterocycles. The summed E-state index contributed by atoms with van der Waals surface area (Å²) in [4.78, 5) is 10.9. The lowest BCUT2D eigenvalue weighted by Crippen LogP contribution is -2.40. The van der Waals surface area contributed by atoms with Gasteiger partial charge in [-0.1, -0.05) is 6.07 Å². The average molecular weight is 205 g/mol. The Hall–Kier alpha value is -1.89. The molecule has 0 radical (unpaired) electrons. The third-order valence-electron chi connectivity index (χ3n) is 2.71. The van der Waals surface area contributed by atoms with Crippen LogP contribution in [0.5, 0.6) is 5.75 Å². The second kappa shape index (κ2) is 3.06. The largest absolute Gasteiger partial charge is 0.505 e. The second-order valence-corrected chi connectivity index (χ2v) is 3.75. The van der Waals surface area contributed by atoms with Crippen molar-refractivity contribution in [3.05, 3.63) is 29.6 Å². The number of halogens is 1. The Labute approximate surface area is 85.8 Å². The molecule has 2 rings (SSSR count). The van der Waals surface area contributed by atoms with Crippen LogP contribution in [0.3, 0.4) is 0 Å². The van der Waals surface area contributed by atoms with Crippen LogP contribution in [-0.4, -0.2) is 10.9 Å². The first-order chi connectivity index (χ1) is 7.07. The monoisotopic (exact) mass is 205 g/mol. The molecule has 0 atom stereocenters. The molecule has 1 fully saturated rings. The highest BCUT2D eigenvalue weighted by Crippen LogP contribution is 2.41. The molecule has 1 N–H and O–H groups in total. The van der Waals surface area contributed by atoms with Gasteiger partial charge in [0.2, 0.25) is 0 Å². The number of Topliss-reactive ketones (excluding diaryl/α,β-unsaturated/α-hetero) is 1. The number of hydrogen-bond acceptors (Lipinski definition) is 3. The van der Waals surface area contributed by atoms with E-state index < -0.39 is 17.0 Å². The zero-order valence-electron chi connectivity index (χ0n) is 7.83. The number of nitriles is 1. The first kappa shape index (κ1) is 9.66. The van der Waals surface area contributed by atoms with E-state index >= 15 is 0 Å². The molecular formula is C11H8FNO2. The Balaban J connectivity index is 2.42. The van der Waals surface area contributed by atoms with E-state index in [1.54, 1.807) is 0 Å². The third kappa shape index (κ3) is 1.37. The van der Waals surface area contributed by atoms with Gasteiger partial charge in [-0.05, 0) is 17.7 Å². The molecule has 0 unspecified atom stereocenters. The van der Waals surface area contributed by atoms with Crippen LogP contribution in [-0.2, 0) is 10.2 Å². The van der Waals surface area contributed by atoms with Crippen molar-refractivity contribution >= 4 is 5.78 Å². The van der Waals surface area contributed by atoms with Crippen molar-refractivity contribution in [3.63, 3.8) is 0 Å². The summed E-state index contributed by atoms with van der Waals surface area (Å²) < 4.78 is 13.1. The predicted molar refractivity (Wildman–Crippen MR) is 49.6 cm³/mol. The van der Waals surface area contributed by atoms with E-state index in [0.29, 0.717) is 5.56 Å². The van der Waals surface area contributed by atoms with Gasteiger partial charge in [0.25, 0.3) is 0 Å². The lowest BCUT2D eigenvalue weighted by atomic mass is 9.65. The molecule has 0 bridgehead atoms. The Morgan fingerprint density at radius 1 is 1.47 bits per heavy atom. The maximum atomic E-state index is 13.1. The summed E-state index contributed by atoms with van der Waals surface area (Å²) in [5.41, 5.74) is -0.425. The third-order valence-corrected chi connectivity index (χ3v) is 2.71. The zero-order valence-corrected chi connectivity index (χ0v) is 7.83. The zero-order chi connectivity index (χ0) is 11.1. The standard InChI is InChI=1S/C11H8FNO2/c12-9-3-7(1-2-10(9)15)11(6-13)4-8(14)5-11/h1-3,15H,4-5H2. The van der Waals surface area contributed by atoms with E-state index in [1.165, 1.54) is 12.1 Å². The topological polar surface area (TPSA) is 61.1 Å². The molecule has 1 saturated carbocycles. The smallest absolute Gasteiger partial charge is 0.165 e. The molecule has 15 heavy (non-hydrogen) atoms. The number of hydrogen-bond donors (Lipinski definition) is 1. The molecule has 0 amide bonds. The van der Waals surface area contributed by atoms with Crippen LogP contribution in [0.15, 0.2) is 18.2 Å². The number of carbonyl (C=O) groups excluding carboxylic acids is 1. The molecule has 1 aromatic rings. The van der Waals surface area contributed by atoms with Gasteiger partial charge in [0, 0.05) is 12.8 Å². The van der Waals surface area contributed by atoms with Gasteiger partial charge in [0.15, 0.2) is 11.6 Å². The molecule has 1 aromatic carbocycles. The number of phenolic OH excluding ortho intramolecular Hbond substituents is 1. The first-order valence-electron chi connectivity index (χ1n) is 4.49. The van der Waals surface area contributed by atoms with Crippen molar-refractivity contribution in [1.82, 2.24) is 0 Å². The fourth-order valence-corrected chi connectivity index (χ4v) is 1.77. The highest BCUT2D eigenvalue weighted by atomic mass is 19.1. The fourth-order valence-electron chi connectivity index (χ4n) is 1.77. The summed E-state index contributed by atoms with van der Waals surface area (Å²) in [6.45, 7) is 0. The summed E-state index contributed by atoms with van der Waals surface area (Å²) in [7, 11) is 0. The van der Waals surface area contributed by atoms with Crippen molar-refractivity contribution in [3.8, 4) is 11.8 Å². The summed E-state index contributed by atoms with van der Waals surface area (Å²) in [6, 6.07) is 5.84. The van der Waals surface area contributed by atoms with Gasteiger partial charge in [-0.3, -0.25) is 4.79 Å². The van der Waals surface area contributed by atoms with Crippen molar-refractivity contribution in [2.45, 2.75) is 18.3 Å². The Bertz CT molecular complexity index is 468. The number of carbonyl (C=O) groups is 1. The summed E-state index contributed by atoms with van der Waals surface area (Å²) >= 11 is 0. The number of aromatic hydroxyl groups is 1. The number of rotatable bonds is 1. The van der Waals surface area contributed by atoms with Crippen LogP contribution in [0.2, 0.25) is 0 Å². The van der Waals surface area contributed by atoms with E-state index in [-0.39, 0.29) is 18.6 Å². The molecule has 0 spiro atoms. The molecule has 76 valence electrons. The van der Waals surface area contributed by atoms with Crippen LogP contribution < -0.4 is 0 Å². The molecule has 1 aliphatic carbocycles. The van der Waals surface area contributed by atoms with Crippen LogP contribution in [0.1, 0.15) is 18.4 Å². The Morgan fingerprint density at radius 3 is 2.60 bits per heavy atom. The maximum absolute atomic E-state index is 13.1. The van der Waals surface area contributed by atoms with Crippen LogP contribution in [0.4, 0.5) is 4.39 Å². The van der Waals surface area contributed by atoms with E-state index in [9.17, 15) is 9.18 Å². The molecule has 0 saturated heterocycles. The highest BCUT2D eigenvalue weighted by molar-refractivity contribution is 5.90. The van der Waals surface area contributed by atoms with E-state index in [4.69, 9.17) is 10.4 Å². The summed E-state index contributed by atoms with van der Waals surface area (Å²) in [5.74, 6) is -1.20. The molecule has 0 heterocycles. The van der Waals surface area contributed by atoms with Crippen LogP contribution in [0, 0.1) is 17.1 Å². The number of phenols is 1. The first-order valence-corrected chi connectivity index (χ1v) is 4.49. The van der Waals surface area contributed by atoms with Gasteiger partial charge < -0.3 is 5.11 Å². The van der Waals surface area contributed by atoms with Gasteiger partial charge in [-0.2, -0.15) is 5.26 Å². The minimum Gasteiger partial charge on any atom is -0.505 e. The Morgan fingerprint density at radius 2 is 2.13 bits per heavy atom. The lowest BCUT2D eigenvalue weighted by molar-refractivity contribution is -0.126. The van der Waals surface area contributed by atoms with Crippen molar-refractivity contribution < 1.29 is 14.3 Å². The second-order valence-electron chi connectivity index (χ2n) is 3.75. The highest BCUT2D eigenvalue weighted by Gasteiger charge is 2.45. The Kier molecular flexibility index (Phi) is 1.97. The predicted octanol–water partition coefficient (Wildman–Crippen LogP) is 1.66. The average Bonchev–Trinajstić information content (AvgIpc) is 2.17. The summed E-state index contributed by atoms with van der Waals surface area (Å²) in [6.07, 6.45) is 0.265. The van der Waals surface area contributed by atoms with Crippen LogP contribution >= 0.6 is 0 Å². The van der Waals surface area contributed by atoms with Gasteiger partial charge in [0.05, 0.1) is 11.5 Å². The molecule has 1 aliphatic rings. The molecule has 4 heteroatoms. The van der Waals surface area contributed by atoms with E-state index in [1.807, 2.05) is 6.07 Å². The van der Waals surface area contributed by atoms with Crippen LogP contribution in [0.25, 0.3) is 0 Å². The normalized spacial score (nSPS) is 18.0. The lowest BCUT2D eigenvalue weighted by Gasteiger charge is -2.34. The fraction of sp³-hybridized carbons (Fsp3) is 0.273. The van der Waals surface area contributed by atoms with Crippen molar-refractivity contribution in [2.75, 3.05) is 0 Å². The molecular weight excluding hydrogens is 197 g/mol. The van der Waals surface area contributed by atoms with Gasteiger partial charge in [-0.15, -0.1) is 0 Å². The van der Waals surface area contributed by atoms with Gasteiger partial charge >= 0.3 is 0 Å². The minimum absolute atomic E-state index is 0.00466. The maximum Gasteiger partial charge on any atom is 0.165 e. The number of benzene rings is 1. The van der Waals surface area contributed by atoms with E-state index in [2.05, 4.69) is 0 Å². The van der Waals surface area contributed by atoms with Gasteiger partial charge in [-0.25, -0.2) is 4.39 Å². The molecule has 3 nitrogen and oxygen atoms in total. The quantitative estimate of drug-likeness (QED) is 0.758. The van der Waals surface area contributed by atoms with E-state index in [0.717, 1.165) is 6.07 Å². The van der Waals surface area contributed by atoms with Gasteiger partial charge in [0.1, 0.15) is 5.78 Å². The molecule has 0 aliphatic heterocycles. The van der Waals surface area contributed by atoms with Crippen molar-refractivity contribution in [1.29, 1.82) is 5.26 Å².